The quantitative estimate of drug-likeness (QED) is 0.819. The lowest BCUT2D eigenvalue weighted by molar-refractivity contribution is 0.426. The summed E-state index contributed by atoms with van der Waals surface area (Å²) in [6, 6.07) is 15.9. The summed E-state index contributed by atoms with van der Waals surface area (Å²) in [6.45, 7) is 2.10. The van der Waals surface area contributed by atoms with Gasteiger partial charge in [-0.15, -0.1) is 0 Å². The Balaban J connectivity index is 1.85. The van der Waals surface area contributed by atoms with E-state index >= 15 is 0 Å². The van der Waals surface area contributed by atoms with E-state index in [-0.39, 0.29) is 0 Å². The van der Waals surface area contributed by atoms with E-state index in [2.05, 4.69) is 31.2 Å². The van der Waals surface area contributed by atoms with Crippen LogP contribution in [-0.4, -0.2) is 17.2 Å². The molecule has 0 bridgehead atoms. The number of rotatable bonds is 5. The van der Waals surface area contributed by atoms with Gasteiger partial charge in [0.25, 0.3) is 0 Å². The zero-order valence-corrected chi connectivity index (χ0v) is 11.7. The summed E-state index contributed by atoms with van der Waals surface area (Å²) in [7, 11) is -1.38. The van der Waals surface area contributed by atoms with Gasteiger partial charge in [-0.1, -0.05) is 54.1 Å². The van der Waals surface area contributed by atoms with Crippen molar-refractivity contribution in [2.45, 2.75) is 18.4 Å². The van der Waals surface area contributed by atoms with Gasteiger partial charge in [0.05, 0.1) is 0 Å². The summed E-state index contributed by atoms with van der Waals surface area (Å²) in [5, 5.41) is 18.0. The third kappa shape index (κ3) is 4.42. The van der Waals surface area contributed by atoms with Crippen molar-refractivity contribution >= 4 is 24.3 Å². The Hall–Kier alpha value is -1.23. The summed E-state index contributed by atoms with van der Waals surface area (Å²) < 4.78 is 0. The van der Waals surface area contributed by atoms with Crippen molar-refractivity contribution in [1.82, 2.24) is 0 Å². The Bertz CT molecular complexity index is 526. The lowest BCUT2D eigenvalue weighted by Crippen LogP contribution is -2.29. The van der Waals surface area contributed by atoms with Crippen LogP contribution in [0.5, 0.6) is 0 Å². The molecule has 0 aliphatic heterocycles. The van der Waals surface area contributed by atoms with Crippen molar-refractivity contribution in [3.05, 3.63) is 65.2 Å². The van der Waals surface area contributed by atoms with Gasteiger partial charge in [-0.3, -0.25) is 0 Å². The van der Waals surface area contributed by atoms with Crippen LogP contribution in [0, 0.1) is 6.92 Å². The Morgan fingerprint density at radius 1 is 0.947 bits per heavy atom. The second-order valence-electron chi connectivity index (χ2n) is 4.60. The zero-order valence-electron chi connectivity index (χ0n) is 10.9. The van der Waals surface area contributed by atoms with Crippen LogP contribution in [0.1, 0.15) is 16.7 Å². The monoisotopic (exact) mass is 272 g/mol. The maximum atomic E-state index is 9.02. The maximum Gasteiger partial charge on any atom is 0.488 e. The lowest BCUT2D eigenvalue weighted by atomic mass is 9.80. The number of benzene rings is 2. The molecule has 0 heterocycles. The average molecular weight is 272 g/mol. The topological polar surface area (TPSA) is 40.5 Å². The molecule has 4 heteroatoms. The van der Waals surface area contributed by atoms with Gasteiger partial charge < -0.3 is 10.0 Å². The Labute approximate surface area is 118 Å². The van der Waals surface area contributed by atoms with Gasteiger partial charge in [0.15, 0.2) is 0 Å². The van der Waals surface area contributed by atoms with Gasteiger partial charge in [-0.25, -0.2) is 0 Å². The van der Waals surface area contributed by atoms with Gasteiger partial charge in [0.1, 0.15) is 0 Å². The van der Waals surface area contributed by atoms with Crippen molar-refractivity contribution in [3.8, 4) is 0 Å². The minimum Gasteiger partial charge on any atom is -0.423 e. The Kier molecular flexibility index (Phi) is 5.08. The number of aryl methyl sites for hydroxylation is 1. The van der Waals surface area contributed by atoms with Crippen molar-refractivity contribution in [1.29, 1.82) is 0 Å². The fourth-order valence-electron chi connectivity index (χ4n) is 1.87. The smallest absolute Gasteiger partial charge is 0.423 e. The first-order valence-corrected chi connectivity index (χ1v) is 7.39. The molecule has 0 fully saturated rings. The van der Waals surface area contributed by atoms with Crippen LogP contribution in [0.15, 0.2) is 48.5 Å². The molecule has 0 aliphatic carbocycles. The summed E-state index contributed by atoms with van der Waals surface area (Å²) in [4.78, 5) is 0. The molecule has 0 atom stereocenters. The molecule has 0 unspecified atom stereocenters. The van der Waals surface area contributed by atoms with E-state index < -0.39 is 7.12 Å². The Morgan fingerprint density at radius 3 is 2.26 bits per heavy atom. The van der Waals surface area contributed by atoms with Crippen molar-refractivity contribution in [2.75, 3.05) is 0 Å². The second kappa shape index (κ2) is 6.80. The zero-order chi connectivity index (χ0) is 13.7. The predicted molar refractivity (Wildman–Crippen MR) is 82.4 cm³/mol. The van der Waals surface area contributed by atoms with E-state index in [1.807, 2.05) is 23.9 Å². The van der Waals surface area contributed by atoms with E-state index in [0.717, 1.165) is 11.5 Å². The minimum atomic E-state index is -1.38. The normalized spacial score (nSPS) is 10.5. The molecule has 0 saturated heterocycles. The molecule has 2 nitrogen and oxygen atoms in total. The summed E-state index contributed by atoms with van der Waals surface area (Å²) in [6.07, 6.45) is 0. The first-order valence-electron chi connectivity index (χ1n) is 6.23. The molecular formula is C15H17BO2S. The van der Waals surface area contributed by atoms with Gasteiger partial charge in [0.2, 0.25) is 0 Å². The van der Waals surface area contributed by atoms with E-state index in [9.17, 15) is 0 Å². The summed E-state index contributed by atoms with van der Waals surface area (Å²) in [5.41, 5.74) is 4.36. The van der Waals surface area contributed by atoms with Crippen LogP contribution in [0.2, 0.25) is 0 Å². The molecule has 0 aliphatic rings. The SMILES string of the molecule is Cc1cccc(CSCc2ccc(B(O)O)cc2)c1. The first-order chi connectivity index (χ1) is 9.15. The maximum absolute atomic E-state index is 9.02. The summed E-state index contributed by atoms with van der Waals surface area (Å²) >= 11 is 1.86. The third-order valence-corrected chi connectivity index (χ3v) is 3.97. The molecule has 0 amide bonds. The fraction of sp³-hybridized carbons (Fsp3) is 0.200. The van der Waals surface area contributed by atoms with Gasteiger partial charge in [-0.05, 0) is 23.5 Å². The predicted octanol–water partition coefficient (Wildman–Crippen LogP) is 2.11. The molecular weight excluding hydrogens is 255 g/mol. The highest BCUT2D eigenvalue weighted by molar-refractivity contribution is 7.97. The van der Waals surface area contributed by atoms with Crippen LogP contribution in [0.25, 0.3) is 0 Å². The highest BCUT2D eigenvalue weighted by Crippen LogP contribution is 2.18. The highest BCUT2D eigenvalue weighted by Gasteiger charge is 2.09. The van der Waals surface area contributed by atoms with Crippen LogP contribution in [-0.2, 0) is 11.5 Å². The van der Waals surface area contributed by atoms with E-state index in [4.69, 9.17) is 10.0 Å². The van der Waals surface area contributed by atoms with Gasteiger partial charge in [-0.2, -0.15) is 11.8 Å². The van der Waals surface area contributed by atoms with E-state index in [0.29, 0.717) is 5.46 Å². The standard InChI is InChI=1S/C15H17BO2S/c1-12-3-2-4-14(9-12)11-19-10-13-5-7-15(8-6-13)16(17)18/h2-9,17-18H,10-11H2,1H3. The average Bonchev–Trinajstić information content (AvgIpc) is 2.39. The van der Waals surface area contributed by atoms with Gasteiger partial charge in [0, 0.05) is 11.5 Å². The highest BCUT2D eigenvalue weighted by atomic mass is 32.2. The molecule has 19 heavy (non-hydrogen) atoms. The molecule has 0 spiro atoms. The molecule has 2 aromatic rings. The van der Waals surface area contributed by atoms with E-state index in [1.54, 1.807) is 12.1 Å². The molecule has 2 rings (SSSR count). The molecule has 0 saturated carbocycles. The number of hydrogen-bond acceptors (Lipinski definition) is 3. The largest absolute Gasteiger partial charge is 0.488 e. The van der Waals surface area contributed by atoms with Crippen LogP contribution < -0.4 is 5.46 Å². The lowest BCUT2D eigenvalue weighted by Gasteiger charge is -2.05. The minimum absolute atomic E-state index is 0.535. The molecule has 0 aromatic heterocycles. The first kappa shape index (κ1) is 14.2. The summed E-state index contributed by atoms with van der Waals surface area (Å²) in [5.74, 6) is 1.92. The van der Waals surface area contributed by atoms with Crippen molar-refractivity contribution < 1.29 is 10.0 Å². The molecule has 98 valence electrons. The van der Waals surface area contributed by atoms with Crippen molar-refractivity contribution in [3.63, 3.8) is 0 Å². The fourth-order valence-corrected chi connectivity index (χ4v) is 2.82. The Morgan fingerprint density at radius 2 is 1.63 bits per heavy atom. The van der Waals surface area contributed by atoms with E-state index in [1.165, 1.54) is 16.7 Å². The van der Waals surface area contributed by atoms with Crippen LogP contribution in [0.3, 0.4) is 0 Å². The van der Waals surface area contributed by atoms with Crippen molar-refractivity contribution in [2.24, 2.45) is 0 Å². The second-order valence-corrected chi connectivity index (χ2v) is 5.58. The third-order valence-electron chi connectivity index (χ3n) is 2.90. The molecule has 2 aromatic carbocycles. The van der Waals surface area contributed by atoms with Gasteiger partial charge >= 0.3 is 7.12 Å². The van der Waals surface area contributed by atoms with Crippen LogP contribution >= 0.6 is 11.8 Å². The molecule has 0 radical (unpaired) electrons. The number of thioether (sulfide) groups is 1. The number of hydrogen-bond donors (Lipinski definition) is 2. The van der Waals surface area contributed by atoms with Crippen LogP contribution in [0.4, 0.5) is 0 Å². The molecule has 2 N–H and O–H groups in total.